The van der Waals surface area contributed by atoms with Gasteiger partial charge >= 0.3 is 0 Å². The number of ketones is 1. The molecule has 0 spiro atoms. The van der Waals surface area contributed by atoms with Crippen molar-refractivity contribution in [3.8, 4) is 0 Å². The van der Waals surface area contributed by atoms with Crippen LogP contribution in [0.4, 0.5) is 0 Å². The second-order valence-electron chi connectivity index (χ2n) is 4.60. The SMILES string of the molecule is CCc1nn(CC)c(CC(=O)C(C)(O)CC)c1Cl. The smallest absolute Gasteiger partial charge is 0.170 e. The van der Waals surface area contributed by atoms with Gasteiger partial charge in [0.2, 0.25) is 0 Å². The second kappa shape index (κ2) is 5.85. The third-order valence-corrected chi connectivity index (χ3v) is 3.75. The molecular weight excluding hydrogens is 252 g/mol. The van der Waals surface area contributed by atoms with Gasteiger partial charge in [0.05, 0.1) is 22.8 Å². The molecule has 0 amide bonds. The summed E-state index contributed by atoms with van der Waals surface area (Å²) in [6.07, 6.45) is 1.25. The van der Waals surface area contributed by atoms with Gasteiger partial charge in [0.25, 0.3) is 0 Å². The number of Topliss-reactive ketones (excluding diaryl/α,β-unsaturated/α-hetero) is 1. The van der Waals surface area contributed by atoms with E-state index in [1.165, 1.54) is 6.92 Å². The normalized spacial score (nSPS) is 14.6. The van der Waals surface area contributed by atoms with E-state index in [1.807, 2.05) is 13.8 Å². The Morgan fingerprint density at radius 3 is 2.50 bits per heavy atom. The van der Waals surface area contributed by atoms with Crippen molar-refractivity contribution in [2.24, 2.45) is 0 Å². The molecule has 1 aromatic rings. The van der Waals surface area contributed by atoms with Crippen molar-refractivity contribution in [2.75, 3.05) is 0 Å². The quantitative estimate of drug-likeness (QED) is 0.865. The fourth-order valence-corrected chi connectivity index (χ4v) is 2.06. The maximum absolute atomic E-state index is 12.0. The van der Waals surface area contributed by atoms with Crippen molar-refractivity contribution in [1.29, 1.82) is 0 Å². The first-order valence-electron chi connectivity index (χ1n) is 6.37. The topological polar surface area (TPSA) is 55.1 Å². The van der Waals surface area contributed by atoms with E-state index in [9.17, 15) is 9.90 Å². The van der Waals surface area contributed by atoms with Gasteiger partial charge in [-0.15, -0.1) is 0 Å². The molecule has 4 nitrogen and oxygen atoms in total. The molecule has 1 unspecified atom stereocenters. The van der Waals surface area contributed by atoms with Gasteiger partial charge in [-0.05, 0) is 26.7 Å². The average Bonchev–Trinajstić information content (AvgIpc) is 2.66. The first kappa shape index (κ1) is 15.2. The van der Waals surface area contributed by atoms with E-state index in [0.29, 0.717) is 23.7 Å². The highest BCUT2D eigenvalue weighted by molar-refractivity contribution is 6.32. The first-order valence-corrected chi connectivity index (χ1v) is 6.74. The molecule has 18 heavy (non-hydrogen) atoms. The lowest BCUT2D eigenvalue weighted by Crippen LogP contribution is -2.36. The number of hydrogen-bond donors (Lipinski definition) is 1. The number of nitrogens with zero attached hydrogens (tertiary/aromatic N) is 2. The zero-order chi connectivity index (χ0) is 13.9. The van der Waals surface area contributed by atoms with Crippen LogP contribution in [0.5, 0.6) is 0 Å². The largest absolute Gasteiger partial charge is 0.382 e. The number of rotatable bonds is 6. The Balaban J connectivity index is 3.04. The number of aliphatic hydroxyl groups is 1. The van der Waals surface area contributed by atoms with Gasteiger partial charge < -0.3 is 5.11 Å². The Morgan fingerprint density at radius 1 is 1.44 bits per heavy atom. The number of hydrogen-bond acceptors (Lipinski definition) is 3. The Labute approximate surface area is 113 Å². The van der Waals surface area contributed by atoms with Gasteiger partial charge in [0.1, 0.15) is 5.60 Å². The van der Waals surface area contributed by atoms with Crippen LogP contribution in [0.2, 0.25) is 5.02 Å². The highest BCUT2D eigenvalue weighted by Crippen LogP contribution is 2.24. The molecule has 0 bridgehead atoms. The summed E-state index contributed by atoms with van der Waals surface area (Å²) < 4.78 is 1.74. The molecular formula is C13H21ClN2O2. The Bertz CT molecular complexity index is 438. The zero-order valence-corrected chi connectivity index (χ0v) is 12.2. The summed E-state index contributed by atoms with van der Waals surface area (Å²) in [5.41, 5.74) is 0.214. The van der Waals surface area contributed by atoms with Crippen LogP contribution in [0.1, 0.15) is 45.5 Å². The number of carbonyl (C=O) groups excluding carboxylic acids is 1. The third kappa shape index (κ3) is 2.93. The number of aryl methyl sites for hydroxylation is 2. The van der Waals surface area contributed by atoms with Crippen molar-refractivity contribution in [2.45, 2.75) is 59.1 Å². The highest BCUT2D eigenvalue weighted by atomic mass is 35.5. The summed E-state index contributed by atoms with van der Waals surface area (Å²) in [6, 6.07) is 0. The van der Waals surface area contributed by atoms with Crippen molar-refractivity contribution in [1.82, 2.24) is 9.78 Å². The molecule has 0 saturated heterocycles. The van der Waals surface area contributed by atoms with Crippen molar-refractivity contribution < 1.29 is 9.90 Å². The third-order valence-electron chi connectivity index (χ3n) is 3.31. The van der Waals surface area contributed by atoms with Crippen LogP contribution in [-0.4, -0.2) is 26.3 Å². The molecule has 0 radical (unpaired) electrons. The summed E-state index contributed by atoms with van der Waals surface area (Å²) in [5, 5.41) is 14.9. The zero-order valence-electron chi connectivity index (χ0n) is 11.5. The molecule has 1 rings (SSSR count). The number of carbonyl (C=O) groups is 1. The number of aromatic nitrogens is 2. The molecule has 0 aliphatic rings. The van der Waals surface area contributed by atoms with E-state index < -0.39 is 5.60 Å². The Morgan fingerprint density at radius 2 is 2.06 bits per heavy atom. The summed E-state index contributed by atoms with van der Waals surface area (Å²) in [4.78, 5) is 12.0. The molecule has 1 heterocycles. The molecule has 1 N–H and O–H groups in total. The first-order chi connectivity index (χ1) is 8.37. The molecule has 0 fully saturated rings. The van der Waals surface area contributed by atoms with Crippen LogP contribution in [0.25, 0.3) is 0 Å². The molecule has 102 valence electrons. The van der Waals surface area contributed by atoms with Gasteiger partial charge in [-0.2, -0.15) is 5.10 Å². The van der Waals surface area contributed by atoms with E-state index >= 15 is 0 Å². The fourth-order valence-electron chi connectivity index (χ4n) is 1.73. The molecule has 0 aliphatic carbocycles. The van der Waals surface area contributed by atoms with Crippen LogP contribution in [-0.2, 0) is 24.2 Å². The maximum Gasteiger partial charge on any atom is 0.170 e. The molecule has 0 aliphatic heterocycles. The van der Waals surface area contributed by atoms with Crippen LogP contribution >= 0.6 is 11.6 Å². The summed E-state index contributed by atoms with van der Waals surface area (Å²) in [6.45, 7) is 7.91. The lowest BCUT2D eigenvalue weighted by Gasteiger charge is -2.19. The molecule has 1 atom stereocenters. The minimum atomic E-state index is -1.29. The van der Waals surface area contributed by atoms with E-state index in [-0.39, 0.29) is 12.2 Å². The van der Waals surface area contributed by atoms with Crippen molar-refractivity contribution >= 4 is 17.4 Å². The van der Waals surface area contributed by atoms with Gasteiger partial charge in [-0.3, -0.25) is 9.48 Å². The number of halogens is 1. The second-order valence-corrected chi connectivity index (χ2v) is 4.98. The van der Waals surface area contributed by atoms with Crippen LogP contribution < -0.4 is 0 Å². The van der Waals surface area contributed by atoms with Crippen LogP contribution in [0.15, 0.2) is 0 Å². The minimum absolute atomic E-state index is 0.126. The van der Waals surface area contributed by atoms with Crippen LogP contribution in [0, 0.1) is 0 Å². The van der Waals surface area contributed by atoms with Gasteiger partial charge in [-0.1, -0.05) is 25.4 Å². The van der Waals surface area contributed by atoms with Crippen molar-refractivity contribution in [3.63, 3.8) is 0 Å². The molecule has 1 aromatic heterocycles. The summed E-state index contributed by atoms with van der Waals surface area (Å²) in [5.74, 6) is -0.218. The lowest BCUT2D eigenvalue weighted by atomic mass is 9.94. The minimum Gasteiger partial charge on any atom is -0.382 e. The highest BCUT2D eigenvalue weighted by Gasteiger charge is 2.29. The van der Waals surface area contributed by atoms with E-state index in [2.05, 4.69) is 5.10 Å². The van der Waals surface area contributed by atoms with E-state index in [0.717, 1.165) is 12.1 Å². The van der Waals surface area contributed by atoms with Gasteiger partial charge in [0, 0.05) is 6.54 Å². The average molecular weight is 273 g/mol. The molecule has 0 saturated carbocycles. The molecule has 5 heteroatoms. The van der Waals surface area contributed by atoms with Crippen molar-refractivity contribution in [3.05, 3.63) is 16.4 Å². The Hall–Kier alpha value is -0.870. The summed E-state index contributed by atoms with van der Waals surface area (Å²) >= 11 is 6.23. The fraction of sp³-hybridized carbons (Fsp3) is 0.692. The molecule has 0 aromatic carbocycles. The monoisotopic (exact) mass is 272 g/mol. The Kier molecular flexibility index (Phi) is 4.93. The van der Waals surface area contributed by atoms with Gasteiger partial charge in [-0.25, -0.2) is 0 Å². The van der Waals surface area contributed by atoms with Gasteiger partial charge in [0.15, 0.2) is 5.78 Å². The van der Waals surface area contributed by atoms with E-state index in [4.69, 9.17) is 11.6 Å². The maximum atomic E-state index is 12.0. The lowest BCUT2D eigenvalue weighted by molar-refractivity contribution is -0.135. The van der Waals surface area contributed by atoms with Crippen LogP contribution in [0.3, 0.4) is 0 Å². The van der Waals surface area contributed by atoms with E-state index in [1.54, 1.807) is 11.6 Å². The summed E-state index contributed by atoms with van der Waals surface area (Å²) in [7, 11) is 0. The standard InChI is InChI=1S/C13H21ClN2O2/c1-5-9-12(14)10(16(7-3)15-9)8-11(17)13(4,18)6-2/h18H,5-8H2,1-4H3. The predicted octanol–water partition coefficient (Wildman–Crippen LogP) is 2.39. The predicted molar refractivity (Wildman–Crippen MR) is 71.9 cm³/mol.